The summed E-state index contributed by atoms with van der Waals surface area (Å²) in [4.78, 5) is 11.3. The Morgan fingerprint density at radius 1 is 1.07 bits per heavy atom. The van der Waals surface area contributed by atoms with Gasteiger partial charge in [-0.05, 0) is 91.6 Å². The van der Waals surface area contributed by atoms with Crippen LogP contribution >= 0.6 is 0 Å². The Labute approximate surface area is 257 Å². The minimum absolute atomic E-state index is 0. The number of carboxylic acid groups (broad SMARTS) is 1. The third-order valence-corrected chi connectivity index (χ3v) is 7.97. The largest absolute Gasteiger partial charge is 1.00 e. The summed E-state index contributed by atoms with van der Waals surface area (Å²) in [5.41, 5.74) is 7.19. The normalized spacial score (nSPS) is 17.0. The molecule has 2 aliphatic rings. The third-order valence-electron chi connectivity index (χ3n) is 7.97. The Morgan fingerprint density at radius 2 is 1.80 bits per heavy atom. The van der Waals surface area contributed by atoms with E-state index in [1.54, 1.807) is 0 Å². The fourth-order valence-corrected chi connectivity index (χ4v) is 5.70. The van der Waals surface area contributed by atoms with E-state index in [9.17, 15) is 15.0 Å². The Kier molecular flexibility index (Phi) is 9.53. The summed E-state index contributed by atoms with van der Waals surface area (Å²) in [6.45, 7) is 6.67. The van der Waals surface area contributed by atoms with Gasteiger partial charge in [-0.1, -0.05) is 24.3 Å². The van der Waals surface area contributed by atoms with Crippen molar-refractivity contribution in [3.63, 3.8) is 0 Å². The van der Waals surface area contributed by atoms with Gasteiger partial charge in [0.2, 0.25) is 0 Å². The number of carbonyl (C=O) groups is 1. The molecule has 2 N–H and O–H groups in total. The van der Waals surface area contributed by atoms with E-state index in [-0.39, 0.29) is 54.1 Å². The van der Waals surface area contributed by atoms with Crippen LogP contribution in [0.2, 0.25) is 0 Å². The molecule has 2 atom stereocenters. The van der Waals surface area contributed by atoms with Crippen molar-refractivity contribution in [2.45, 2.75) is 70.7 Å². The molecular formula is C32H35NaO7. The van der Waals surface area contributed by atoms with Crippen LogP contribution in [0.1, 0.15) is 59.4 Å². The number of fused-ring (bicyclic) bond motifs is 1. The van der Waals surface area contributed by atoms with E-state index in [1.165, 1.54) is 0 Å². The Hall–Kier alpha value is -2.55. The van der Waals surface area contributed by atoms with E-state index in [1.807, 2.05) is 36.4 Å². The van der Waals surface area contributed by atoms with Crippen molar-refractivity contribution in [2.75, 3.05) is 13.2 Å². The molecule has 1 aliphatic heterocycles. The standard InChI is InChI=1S/C32H36O7.Na/c1-19-13-25(37-12-9-23(34)17-33)14-20(2)31(19)26-6-4-5-22(21(26)3)18-38-24-7-8-27-28(16-30(35)36)32(10-11-32)39-29(27)15-24;/h4-8,13-15,23,28,33-34H,9-12,16-18H2,1-3H3,(H,35,36);/q;+1/p-1/t23-,28?;/m0./s1. The molecule has 7 nitrogen and oxygen atoms in total. The molecule has 0 radical (unpaired) electrons. The molecule has 206 valence electrons. The van der Waals surface area contributed by atoms with Crippen molar-refractivity contribution in [2.24, 2.45) is 0 Å². The summed E-state index contributed by atoms with van der Waals surface area (Å²) in [6, 6.07) is 15.9. The van der Waals surface area contributed by atoms with Crippen LogP contribution in [0, 0.1) is 20.8 Å². The molecule has 1 heterocycles. The van der Waals surface area contributed by atoms with Crippen LogP contribution in [0.25, 0.3) is 11.1 Å². The van der Waals surface area contributed by atoms with E-state index in [0.29, 0.717) is 31.1 Å². The molecule has 0 bridgehead atoms. The third kappa shape index (κ3) is 6.34. The van der Waals surface area contributed by atoms with Gasteiger partial charge in [0.25, 0.3) is 0 Å². The SMILES string of the molecule is Cc1cc(OCC[C@H](O)CO)cc(C)c1-c1cccc(COc2ccc3c(c2)OC2(CC2)C3CC(=O)[O-])c1C.[Na+]. The van der Waals surface area contributed by atoms with E-state index >= 15 is 0 Å². The van der Waals surface area contributed by atoms with Crippen LogP contribution < -0.4 is 48.9 Å². The molecule has 0 amide bonds. The van der Waals surface area contributed by atoms with Gasteiger partial charge in [0, 0.05) is 29.9 Å². The number of hydrogen-bond donors (Lipinski definition) is 2. The van der Waals surface area contributed by atoms with Crippen molar-refractivity contribution < 1.29 is 63.9 Å². The predicted octanol–water partition coefficient (Wildman–Crippen LogP) is 1.13. The van der Waals surface area contributed by atoms with Gasteiger partial charge in [-0.3, -0.25) is 0 Å². The van der Waals surface area contributed by atoms with Crippen molar-refractivity contribution in [1.29, 1.82) is 0 Å². The molecule has 1 unspecified atom stereocenters. The number of aliphatic hydroxyl groups is 2. The van der Waals surface area contributed by atoms with Gasteiger partial charge >= 0.3 is 29.6 Å². The fraction of sp³-hybridized carbons (Fsp3) is 0.406. The van der Waals surface area contributed by atoms with Gasteiger partial charge in [-0.25, -0.2) is 0 Å². The van der Waals surface area contributed by atoms with Crippen molar-refractivity contribution in [3.8, 4) is 28.4 Å². The zero-order chi connectivity index (χ0) is 27.7. The zero-order valence-corrected chi connectivity index (χ0v) is 25.7. The molecule has 3 aromatic carbocycles. The minimum Gasteiger partial charge on any atom is -0.550 e. The molecule has 8 heteroatoms. The average molecular weight is 555 g/mol. The topological polar surface area (TPSA) is 108 Å². The number of benzene rings is 3. The van der Waals surface area contributed by atoms with Crippen LogP contribution in [0.4, 0.5) is 0 Å². The monoisotopic (exact) mass is 554 g/mol. The van der Waals surface area contributed by atoms with Gasteiger partial charge in [0.1, 0.15) is 29.5 Å². The molecular weight excluding hydrogens is 519 g/mol. The smallest absolute Gasteiger partial charge is 0.550 e. The summed E-state index contributed by atoms with van der Waals surface area (Å²) < 4.78 is 18.2. The first-order valence-corrected chi connectivity index (χ1v) is 13.5. The Balaban J connectivity index is 0.00000370. The van der Waals surface area contributed by atoms with Crippen LogP contribution in [-0.4, -0.2) is 41.1 Å². The molecule has 0 saturated heterocycles. The number of ether oxygens (including phenoxy) is 3. The predicted molar refractivity (Wildman–Crippen MR) is 145 cm³/mol. The summed E-state index contributed by atoms with van der Waals surface area (Å²) in [7, 11) is 0. The van der Waals surface area contributed by atoms with Crippen molar-refractivity contribution >= 4 is 5.97 Å². The van der Waals surface area contributed by atoms with Gasteiger partial charge < -0.3 is 34.3 Å². The molecule has 3 aromatic rings. The van der Waals surface area contributed by atoms with Crippen LogP contribution in [0.15, 0.2) is 48.5 Å². The first-order valence-electron chi connectivity index (χ1n) is 13.5. The van der Waals surface area contributed by atoms with E-state index in [4.69, 9.17) is 19.3 Å². The minimum atomic E-state index is -1.05. The molecule has 1 aliphatic carbocycles. The van der Waals surface area contributed by atoms with Gasteiger partial charge in [0.15, 0.2) is 0 Å². The van der Waals surface area contributed by atoms with Crippen LogP contribution in [0.3, 0.4) is 0 Å². The maximum atomic E-state index is 11.3. The second-order valence-corrected chi connectivity index (χ2v) is 10.8. The molecule has 40 heavy (non-hydrogen) atoms. The summed E-state index contributed by atoms with van der Waals surface area (Å²) >= 11 is 0. The van der Waals surface area contributed by atoms with Crippen LogP contribution in [0.5, 0.6) is 17.2 Å². The molecule has 5 rings (SSSR count). The van der Waals surface area contributed by atoms with E-state index < -0.39 is 12.1 Å². The number of aryl methyl sites for hydroxylation is 2. The summed E-state index contributed by atoms with van der Waals surface area (Å²) in [5.74, 6) is 0.916. The van der Waals surface area contributed by atoms with E-state index in [0.717, 1.165) is 57.5 Å². The van der Waals surface area contributed by atoms with Gasteiger partial charge in [0.05, 0.1) is 19.3 Å². The van der Waals surface area contributed by atoms with Gasteiger partial charge in [-0.15, -0.1) is 0 Å². The zero-order valence-electron chi connectivity index (χ0n) is 23.7. The van der Waals surface area contributed by atoms with Crippen LogP contribution in [-0.2, 0) is 11.4 Å². The fourth-order valence-electron chi connectivity index (χ4n) is 5.70. The summed E-state index contributed by atoms with van der Waals surface area (Å²) in [6.07, 6.45) is 1.29. The van der Waals surface area contributed by atoms with Gasteiger partial charge in [-0.2, -0.15) is 0 Å². The molecule has 0 aromatic heterocycles. The number of hydrogen-bond acceptors (Lipinski definition) is 7. The maximum Gasteiger partial charge on any atom is 1.00 e. The van der Waals surface area contributed by atoms with Crippen molar-refractivity contribution in [1.82, 2.24) is 0 Å². The van der Waals surface area contributed by atoms with E-state index in [2.05, 4.69) is 32.9 Å². The molecule has 1 spiro atoms. The first-order chi connectivity index (χ1) is 18.7. The number of rotatable bonds is 11. The number of carboxylic acids is 1. The quantitative estimate of drug-likeness (QED) is 0.342. The maximum absolute atomic E-state index is 11.3. The average Bonchev–Trinajstić information content (AvgIpc) is 3.61. The summed E-state index contributed by atoms with van der Waals surface area (Å²) in [5, 5.41) is 29.8. The molecule has 1 saturated carbocycles. The second kappa shape index (κ2) is 12.5. The second-order valence-electron chi connectivity index (χ2n) is 10.8. The first kappa shape index (κ1) is 30.4. The Morgan fingerprint density at radius 3 is 2.45 bits per heavy atom. The Bertz CT molecular complexity index is 1360. The molecule has 1 fully saturated rings. The number of carbonyl (C=O) groups excluding carboxylic acids is 1. The number of aliphatic carboxylic acids is 1. The number of aliphatic hydroxyl groups excluding tert-OH is 2. The van der Waals surface area contributed by atoms with Crippen molar-refractivity contribution in [3.05, 3.63) is 76.3 Å².